The average molecular weight is 306 g/mol. The topological polar surface area (TPSA) is 9.23 Å². The van der Waals surface area contributed by atoms with Crippen molar-refractivity contribution >= 4 is 27.5 Å². The van der Waals surface area contributed by atoms with E-state index >= 15 is 0 Å². The Balaban J connectivity index is 3.03. The third-order valence-electron chi connectivity index (χ3n) is 2.72. The molecule has 0 amide bonds. The monoisotopic (exact) mass is 304 g/mol. The van der Waals surface area contributed by atoms with Crippen LogP contribution in [-0.4, -0.2) is 11.9 Å². The molecule has 1 aromatic carbocycles. The molecule has 0 saturated carbocycles. The summed E-state index contributed by atoms with van der Waals surface area (Å²) in [6, 6.07) is 5.99. The second-order valence-electron chi connectivity index (χ2n) is 4.72. The molecular weight excluding hydrogens is 287 g/mol. The molecule has 90 valence electrons. The molecule has 1 nitrogen and oxygen atoms in total. The van der Waals surface area contributed by atoms with Crippen molar-refractivity contribution in [1.29, 1.82) is 0 Å². The highest BCUT2D eigenvalue weighted by Crippen LogP contribution is 2.35. The van der Waals surface area contributed by atoms with Gasteiger partial charge in [0, 0.05) is 4.83 Å². The number of alkyl halides is 1. The van der Waals surface area contributed by atoms with Gasteiger partial charge >= 0.3 is 0 Å². The Kier molecular flexibility index (Phi) is 4.69. The SMILES string of the molecule is COc1cc(C(C)(C)CC(C)Br)ccc1Cl. The van der Waals surface area contributed by atoms with Crippen LogP contribution < -0.4 is 4.74 Å². The van der Waals surface area contributed by atoms with Crippen LogP contribution in [0.15, 0.2) is 18.2 Å². The number of halogens is 2. The standard InChI is InChI=1S/C13H18BrClO/c1-9(14)8-13(2,3)10-5-6-11(15)12(7-10)16-4/h5-7,9H,8H2,1-4H3. The van der Waals surface area contributed by atoms with Crippen LogP contribution in [0.1, 0.15) is 32.8 Å². The summed E-state index contributed by atoms with van der Waals surface area (Å²) in [5.74, 6) is 0.745. The van der Waals surface area contributed by atoms with E-state index in [4.69, 9.17) is 16.3 Å². The minimum Gasteiger partial charge on any atom is -0.495 e. The molecule has 16 heavy (non-hydrogen) atoms. The largest absolute Gasteiger partial charge is 0.495 e. The second kappa shape index (κ2) is 5.42. The molecule has 0 aliphatic heterocycles. The van der Waals surface area contributed by atoms with Crippen molar-refractivity contribution < 1.29 is 4.74 Å². The van der Waals surface area contributed by atoms with E-state index in [2.05, 4.69) is 42.8 Å². The molecule has 0 saturated heterocycles. The maximum atomic E-state index is 6.02. The predicted octanol–water partition coefficient (Wildman–Crippen LogP) is 4.80. The second-order valence-corrected chi connectivity index (χ2v) is 6.69. The van der Waals surface area contributed by atoms with Crippen molar-refractivity contribution in [2.45, 2.75) is 37.4 Å². The lowest BCUT2D eigenvalue weighted by Gasteiger charge is -2.27. The first-order chi connectivity index (χ1) is 7.36. The van der Waals surface area contributed by atoms with Gasteiger partial charge in [-0.15, -0.1) is 0 Å². The number of hydrogen-bond acceptors (Lipinski definition) is 1. The first kappa shape index (κ1) is 13.9. The molecule has 0 aromatic heterocycles. The van der Waals surface area contributed by atoms with Gasteiger partial charge in [-0.2, -0.15) is 0 Å². The molecule has 0 bridgehead atoms. The van der Waals surface area contributed by atoms with Gasteiger partial charge in [-0.05, 0) is 29.5 Å². The van der Waals surface area contributed by atoms with Crippen LogP contribution in [0.25, 0.3) is 0 Å². The summed E-state index contributed by atoms with van der Waals surface area (Å²) in [5.41, 5.74) is 1.36. The van der Waals surface area contributed by atoms with Crippen molar-refractivity contribution in [1.82, 2.24) is 0 Å². The molecule has 3 heteroatoms. The maximum absolute atomic E-state index is 6.02. The van der Waals surface area contributed by atoms with Gasteiger partial charge in [-0.1, -0.05) is 54.4 Å². The fraction of sp³-hybridized carbons (Fsp3) is 0.538. The summed E-state index contributed by atoms with van der Waals surface area (Å²) in [4.78, 5) is 0.490. The van der Waals surface area contributed by atoms with E-state index in [1.54, 1.807) is 7.11 Å². The minimum atomic E-state index is 0.112. The number of ether oxygens (including phenoxy) is 1. The Morgan fingerprint density at radius 2 is 2.06 bits per heavy atom. The Morgan fingerprint density at radius 3 is 2.56 bits per heavy atom. The average Bonchev–Trinajstić information content (AvgIpc) is 2.16. The highest BCUT2D eigenvalue weighted by Gasteiger charge is 2.23. The molecular formula is C13H18BrClO. The smallest absolute Gasteiger partial charge is 0.137 e. The van der Waals surface area contributed by atoms with Crippen LogP contribution in [0.5, 0.6) is 5.75 Å². The lowest BCUT2D eigenvalue weighted by atomic mass is 9.80. The van der Waals surface area contributed by atoms with Crippen LogP contribution in [0.2, 0.25) is 5.02 Å². The first-order valence-corrected chi connectivity index (χ1v) is 6.64. The molecule has 0 spiro atoms. The zero-order valence-corrected chi connectivity index (χ0v) is 12.5. The summed E-state index contributed by atoms with van der Waals surface area (Å²) in [5, 5.41) is 0.661. The zero-order chi connectivity index (χ0) is 12.3. The third-order valence-corrected chi connectivity index (χ3v) is 3.36. The van der Waals surface area contributed by atoms with Crippen LogP contribution in [0.4, 0.5) is 0 Å². The molecule has 1 unspecified atom stereocenters. The molecule has 1 aromatic rings. The molecule has 0 aliphatic rings. The Morgan fingerprint density at radius 1 is 1.44 bits per heavy atom. The fourth-order valence-corrected chi connectivity index (χ4v) is 2.91. The van der Waals surface area contributed by atoms with Gasteiger partial charge in [0.25, 0.3) is 0 Å². The van der Waals surface area contributed by atoms with Gasteiger partial charge in [0.1, 0.15) is 5.75 Å². The summed E-state index contributed by atoms with van der Waals surface area (Å²) < 4.78 is 5.24. The Bertz CT molecular complexity index is 361. The maximum Gasteiger partial charge on any atom is 0.137 e. The Hall–Kier alpha value is -0.210. The van der Waals surface area contributed by atoms with Crippen LogP contribution in [0.3, 0.4) is 0 Å². The molecule has 0 radical (unpaired) electrons. The van der Waals surface area contributed by atoms with Crippen LogP contribution in [-0.2, 0) is 5.41 Å². The van der Waals surface area contributed by atoms with Gasteiger partial charge in [-0.25, -0.2) is 0 Å². The van der Waals surface area contributed by atoms with Gasteiger partial charge in [0.15, 0.2) is 0 Å². The lowest BCUT2D eigenvalue weighted by molar-refractivity contribution is 0.410. The van der Waals surface area contributed by atoms with Crippen molar-refractivity contribution in [2.75, 3.05) is 7.11 Å². The van der Waals surface area contributed by atoms with E-state index in [0.717, 1.165) is 12.2 Å². The normalized spacial score (nSPS) is 13.6. The molecule has 0 aliphatic carbocycles. The summed E-state index contributed by atoms with van der Waals surface area (Å²) in [6.45, 7) is 6.62. The molecule has 1 atom stereocenters. The highest BCUT2D eigenvalue weighted by molar-refractivity contribution is 9.09. The molecule has 0 N–H and O–H groups in total. The van der Waals surface area contributed by atoms with Crippen molar-refractivity contribution in [3.05, 3.63) is 28.8 Å². The lowest BCUT2D eigenvalue weighted by Crippen LogP contribution is -2.20. The number of hydrogen-bond donors (Lipinski definition) is 0. The quantitative estimate of drug-likeness (QED) is 0.726. The summed E-state index contributed by atoms with van der Waals surface area (Å²) >= 11 is 9.62. The van der Waals surface area contributed by atoms with Gasteiger partial charge in [-0.3, -0.25) is 0 Å². The number of benzene rings is 1. The van der Waals surface area contributed by atoms with Gasteiger partial charge < -0.3 is 4.74 Å². The zero-order valence-electron chi connectivity index (χ0n) is 10.2. The van der Waals surface area contributed by atoms with E-state index in [1.807, 2.05) is 12.1 Å². The van der Waals surface area contributed by atoms with E-state index in [0.29, 0.717) is 9.85 Å². The van der Waals surface area contributed by atoms with Crippen LogP contribution >= 0.6 is 27.5 Å². The Labute approximate surface area is 111 Å². The van der Waals surface area contributed by atoms with Crippen LogP contribution in [0, 0.1) is 0 Å². The fourth-order valence-electron chi connectivity index (χ4n) is 1.90. The molecule has 0 fully saturated rings. The summed E-state index contributed by atoms with van der Waals surface area (Å²) in [6.07, 6.45) is 1.07. The van der Waals surface area contributed by atoms with Crippen molar-refractivity contribution in [2.24, 2.45) is 0 Å². The van der Waals surface area contributed by atoms with Crippen molar-refractivity contribution in [3.8, 4) is 5.75 Å². The van der Waals surface area contributed by atoms with Gasteiger partial charge in [0.05, 0.1) is 12.1 Å². The van der Waals surface area contributed by atoms with E-state index < -0.39 is 0 Å². The van der Waals surface area contributed by atoms with E-state index in [1.165, 1.54) is 5.56 Å². The molecule has 1 rings (SSSR count). The van der Waals surface area contributed by atoms with Gasteiger partial charge in [0.2, 0.25) is 0 Å². The minimum absolute atomic E-state index is 0.112. The third kappa shape index (κ3) is 3.39. The summed E-state index contributed by atoms with van der Waals surface area (Å²) in [7, 11) is 1.64. The number of rotatable bonds is 4. The number of methoxy groups -OCH3 is 1. The highest BCUT2D eigenvalue weighted by atomic mass is 79.9. The van der Waals surface area contributed by atoms with E-state index in [9.17, 15) is 0 Å². The van der Waals surface area contributed by atoms with E-state index in [-0.39, 0.29) is 5.41 Å². The molecule has 0 heterocycles. The predicted molar refractivity (Wildman–Crippen MR) is 74.0 cm³/mol. The van der Waals surface area contributed by atoms with Crippen molar-refractivity contribution in [3.63, 3.8) is 0 Å². The first-order valence-electron chi connectivity index (χ1n) is 5.35.